The van der Waals surface area contributed by atoms with Crippen molar-refractivity contribution < 1.29 is 19.7 Å². The Morgan fingerprint density at radius 2 is 1.74 bits per heavy atom. The van der Waals surface area contributed by atoms with Crippen molar-refractivity contribution in [3.63, 3.8) is 0 Å². The molecule has 6 heteroatoms. The van der Waals surface area contributed by atoms with Gasteiger partial charge in [-0.05, 0) is 45.4 Å². The molecule has 3 heterocycles. The van der Waals surface area contributed by atoms with Gasteiger partial charge in [0.25, 0.3) is 5.91 Å². The standard InChI is InChI=1S/C25H27N3O3/c1-14-10-11-17-16(12-14)25(23(31)26-17)20-19(21(29)28(22(20)30)24(2,3)4)18(27-25)13-15-8-6-5-7-9-15/h5-12,18-20,27H,13H2,1-4H3,(H,26,31)/p+1/t18-,19+,20-,25+/m0/s1. The largest absolute Gasteiger partial charge is 0.326 e. The van der Waals surface area contributed by atoms with E-state index in [1.54, 1.807) is 0 Å². The van der Waals surface area contributed by atoms with E-state index < -0.39 is 22.9 Å². The Labute approximate surface area is 182 Å². The van der Waals surface area contributed by atoms with Crippen molar-refractivity contribution in [2.24, 2.45) is 11.8 Å². The van der Waals surface area contributed by atoms with Gasteiger partial charge in [0.15, 0.2) is 0 Å². The first-order chi connectivity index (χ1) is 14.6. The molecule has 160 valence electrons. The number of quaternary nitrogens is 1. The van der Waals surface area contributed by atoms with Crippen LogP contribution in [0.2, 0.25) is 0 Å². The quantitative estimate of drug-likeness (QED) is 0.729. The molecule has 0 saturated carbocycles. The number of likely N-dealkylation sites (tertiary alicyclic amines) is 1. The van der Waals surface area contributed by atoms with Gasteiger partial charge in [0.2, 0.25) is 17.4 Å². The van der Waals surface area contributed by atoms with Crippen LogP contribution >= 0.6 is 0 Å². The molecular weight excluding hydrogens is 390 g/mol. The van der Waals surface area contributed by atoms with Gasteiger partial charge in [-0.2, -0.15) is 0 Å². The number of nitrogens with one attached hydrogen (secondary N) is 1. The second kappa shape index (κ2) is 6.50. The topological polar surface area (TPSA) is 83.1 Å². The van der Waals surface area contributed by atoms with Gasteiger partial charge in [0, 0.05) is 17.5 Å². The summed E-state index contributed by atoms with van der Waals surface area (Å²) >= 11 is 0. The van der Waals surface area contributed by atoms with Gasteiger partial charge >= 0.3 is 0 Å². The minimum atomic E-state index is -1.11. The van der Waals surface area contributed by atoms with Crippen molar-refractivity contribution in [3.8, 4) is 0 Å². The molecule has 4 atom stereocenters. The summed E-state index contributed by atoms with van der Waals surface area (Å²) < 4.78 is 0. The van der Waals surface area contributed by atoms with Crippen molar-refractivity contribution >= 4 is 23.4 Å². The van der Waals surface area contributed by atoms with Crippen LogP contribution < -0.4 is 10.6 Å². The molecule has 3 amide bonds. The van der Waals surface area contributed by atoms with Crippen LogP contribution in [0.4, 0.5) is 5.69 Å². The molecular formula is C25H28N3O3+. The van der Waals surface area contributed by atoms with Crippen molar-refractivity contribution in [2.75, 3.05) is 5.32 Å². The predicted octanol–water partition coefficient (Wildman–Crippen LogP) is 1.73. The van der Waals surface area contributed by atoms with Gasteiger partial charge in [0.1, 0.15) is 17.9 Å². The van der Waals surface area contributed by atoms with Crippen molar-refractivity contribution in [1.29, 1.82) is 0 Å². The molecule has 0 unspecified atom stereocenters. The number of fused-ring (bicyclic) bond motifs is 4. The molecule has 0 radical (unpaired) electrons. The molecule has 2 aromatic carbocycles. The number of benzene rings is 2. The Balaban J connectivity index is 1.68. The number of nitrogens with zero attached hydrogens (tertiary/aromatic N) is 1. The lowest BCUT2D eigenvalue weighted by Crippen LogP contribution is -2.99. The third kappa shape index (κ3) is 2.71. The Bertz CT molecular complexity index is 1100. The average molecular weight is 419 g/mol. The first-order valence-corrected chi connectivity index (χ1v) is 10.8. The average Bonchev–Trinajstić information content (AvgIpc) is 3.27. The summed E-state index contributed by atoms with van der Waals surface area (Å²) in [5.41, 5.74) is 1.92. The van der Waals surface area contributed by atoms with Crippen LogP contribution in [0.15, 0.2) is 48.5 Å². The fourth-order valence-electron chi connectivity index (χ4n) is 5.81. The van der Waals surface area contributed by atoms with E-state index in [0.29, 0.717) is 6.42 Å². The van der Waals surface area contributed by atoms with Gasteiger partial charge in [0.05, 0.1) is 5.69 Å². The zero-order chi connectivity index (χ0) is 22.1. The Hall–Kier alpha value is -2.99. The summed E-state index contributed by atoms with van der Waals surface area (Å²) in [6.07, 6.45) is 0.620. The third-order valence-electron chi connectivity index (χ3n) is 7.01. The number of nitrogens with two attached hydrogens (primary N) is 1. The Morgan fingerprint density at radius 3 is 2.42 bits per heavy atom. The number of imide groups is 1. The third-order valence-corrected chi connectivity index (χ3v) is 7.01. The maximum absolute atomic E-state index is 13.7. The molecule has 1 spiro atoms. The van der Waals surface area contributed by atoms with Gasteiger partial charge in [-0.1, -0.05) is 42.0 Å². The van der Waals surface area contributed by atoms with Crippen molar-refractivity contribution in [2.45, 2.75) is 51.2 Å². The highest BCUT2D eigenvalue weighted by Gasteiger charge is 2.74. The van der Waals surface area contributed by atoms with Crippen LogP contribution in [0.3, 0.4) is 0 Å². The number of carbonyl (C=O) groups excluding carboxylic acids is 3. The molecule has 2 aromatic rings. The lowest BCUT2D eigenvalue weighted by atomic mass is 9.76. The maximum Gasteiger partial charge on any atom is 0.291 e. The summed E-state index contributed by atoms with van der Waals surface area (Å²) in [6.45, 7) is 7.60. The van der Waals surface area contributed by atoms with Gasteiger partial charge in [-0.3, -0.25) is 19.3 Å². The number of carbonyl (C=O) groups is 3. The first-order valence-electron chi connectivity index (χ1n) is 10.8. The minimum absolute atomic E-state index is 0.162. The van der Waals surface area contributed by atoms with E-state index in [9.17, 15) is 14.4 Å². The van der Waals surface area contributed by atoms with Crippen LogP contribution in [0.1, 0.15) is 37.5 Å². The van der Waals surface area contributed by atoms with Crippen molar-refractivity contribution in [3.05, 3.63) is 65.2 Å². The molecule has 0 aliphatic carbocycles. The highest BCUT2D eigenvalue weighted by atomic mass is 16.2. The Morgan fingerprint density at radius 1 is 1.03 bits per heavy atom. The summed E-state index contributed by atoms with van der Waals surface area (Å²) in [4.78, 5) is 42.3. The van der Waals surface area contributed by atoms with Crippen LogP contribution in [-0.2, 0) is 26.3 Å². The van der Waals surface area contributed by atoms with Crippen LogP contribution in [0.5, 0.6) is 0 Å². The molecule has 3 aliphatic heterocycles. The molecule has 2 saturated heterocycles. The number of anilines is 1. The molecule has 5 rings (SSSR count). The monoisotopic (exact) mass is 418 g/mol. The van der Waals surface area contributed by atoms with Gasteiger partial charge < -0.3 is 10.6 Å². The fraction of sp³-hybridized carbons (Fsp3) is 0.400. The number of hydrogen-bond acceptors (Lipinski definition) is 3. The normalized spacial score (nSPS) is 29.5. The first kappa shape index (κ1) is 19.9. The van der Waals surface area contributed by atoms with E-state index in [1.807, 2.05) is 81.5 Å². The molecule has 0 bridgehead atoms. The SMILES string of the molecule is Cc1ccc2c(c1)[C@]1([NH2+][C@@H](Cc3ccccc3)[C@H]3C(=O)N(C(C)(C)C)C(=O)[C@H]31)C(=O)N2. The predicted molar refractivity (Wildman–Crippen MR) is 116 cm³/mol. The highest BCUT2D eigenvalue weighted by molar-refractivity contribution is 6.14. The molecule has 2 fully saturated rings. The lowest BCUT2D eigenvalue weighted by Gasteiger charge is -2.33. The van der Waals surface area contributed by atoms with E-state index in [4.69, 9.17) is 0 Å². The van der Waals surface area contributed by atoms with Gasteiger partial charge in [-0.15, -0.1) is 0 Å². The minimum Gasteiger partial charge on any atom is -0.326 e. The lowest BCUT2D eigenvalue weighted by molar-refractivity contribution is -0.733. The van der Waals surface area contributed by atoms with E-state index in [2.05, 4.69) is 5.32 Å². The molecule has 6 nitrogen and oxygen atoms in total. The van der Waals surface area contributed by atoms with E-state index >= 15 is 0 Å². The van der Waals surface area contributed by atoms with Crippen molar-refractivity contribution in [1.82, 2.24) is 4.90 Å². The smallest absolute Gasteiger partial charge is 0.291 e. The Kier molecular flexibility index (Phi) is 4.18. The molecule has 3 aliphatic rings. The van der Waals surface area contributed by atoms with Crippen LogP contribution in [0.25, 0.3) is 0 Å². The van der Waals surface area contributed by atoms with E-state index in [-0.39, 0.29) is 23.8 Å². The summed E-state index contributed by atoms with van der Waals surface area (Å²) in [5, 5.41) is 5.00. The summed E-state index contributed by atoms with van der Waals surface area (Å²) in [6, 6.07) is 15.6. The summed E-state index contributed by atoms with van der Waals surface area (Å²) in [5.74, 6) is -1.85. The maximum atomic E-state index is 13.7. The summed E-state index contributed by atoms with van der Waals surface area (Å²) in [7, 11) is 0. The zero-order valence-electron chi connectivity index (χ0n) is 18.3. The molecule has 31 heavy (non-hydrogen) atoms. The van der Waals surface area contributed by atoms with Crippen LogP contribution in [0, 0.1) is 18.8 Å². The highest BCUT2D eigenvalue weighted by Crippen LogP contribution is 2.50. The van der Waals surface area contributed by atoms with Crippen LogP contribution in [-0.4, -0.2) is 34.2 Å². The number of hydrogen-bond donors (Lipinski definition) is 2. The van der Waals surface area contributed by atoms with E-state index in [1.165, 1.54) is 4.90 Å². The number of aryl methyl sites for hydroxylation is 1. The fourth-order valence-corrected chi connectivity index (χ4v) is 5.81. The molecule has 0 aromatic heterocycles. The zero-order valence-corrected chi connectivity index (χ0v) is 18.3. The van der Waals surface area contributed by atoms with E-state index in [0.717, 1.165) is 22.4 Å². The second-order valence-corrected chi connectivity index (χ2v) is 10.1. The number of amides is 3. The number of rotatable bonds is 2. The molecule has 3 N–H and O–H groups in total. The second-order valence-electron chi connectivity index (χ2n) is 10.1. The van der Waals surface area contributed by atoms with Gasteiger partial charge in [-0.25, -0.2) is 0 Å².